The van der Waals surface area contributed by atoms with Crippen molar-refractivity contribution in [2.24, 2.45) is 11.7 Å². The molecule has 0 spiro atoms. The first-order valence-corrected chi connectivity index (χ1v) is 7.69. The number of likely N-dealkylation sites (tertiary alicyclic amines) is 1. The molecule has 5 nitrogen and oxygen atoms in total. The monoisotopic (exact) mass is 303 g/mol. The van der Waals surface area contributed by atoms with Gasteiger partial charge in [-0.05, 0) is 26.3 Å². The quantitative estimate of drug-likeness (QED) is 0.864. The molecule has 0 aromatic heterocycles. The van der Waals surface area contributed by atoms with Crippen molar-refractivity contribution in [3.63, 3.8) is 0 Å². The summed E-state index contributed by atoms with van der Waals surface area (Å²) in [5.74, 6) is -0.348. The predicted molar refractivity (Wildman–Crippen MR) is 86.0 cm³/mol. The Morgan fingerprint density at radius 2 is 2.05 bits per heavy atom. The Balaban J connectivity index is 1.97. The first kappa shape index (κ1) is 16.5. The van der Waals surface area contributed by atoms with Gasteiger partial charge in [-0.2, -0.15) is 0 Å². The molecule has 0 bridgehead atoms. The number of hydrogen-bond donors (Lipinski definition) is 2. The first-order valence-electron chi connectivity index (χ1n) is 7.69. The number of carbonyl (C=O) groups excluding carboxylic acids is 2. The van der Waals surface area contributed by atoms with Gasteiger partial charge < -0.3 is 16.0 Å². The van der Waals surface area contributed by atoms with Crippen molar-refractivity contribution in [3.05, 3.63) is 35.9 Å². The van der Waals surface area contributed by atoms with Crippen LogP contribution in [0.3, 0.4) is 0 Å². The molecule has 1 aliphatic rings. The summed E-state index contributed by atoms with van der Waals surface area (Å²) >= 11 is 0. The summed E-state index contributed by atoms with van der Waals surface area (Å²) in [6.45, 7) is 6.58. The fourth-order valence-electron chi connectivity index (χ4n) is 2.65. The summed E-state index contributed by atoms with van der Waals surface area (Å²) in [6.07, 6.45) is 0.272. The summed E-state index contributed by atoms with van der Waals surface area (Å²) in [5.41, 5.74) is 6.50. The van der Waals surface area contributed by atoms with Gasteiger partial charge in [-0.15, -0.1) is 0 Å². The maximum atomic E-state index is 12.2. The Hall–Kier alpha value is -1.88. The third-order valence-corrected chi connectivity index (χ3v) is 4.00. The average Bonchev–Trinajstić information content (AvgIpc) is 2.86. The zero-order valence-corrected chi connectivity index (χ0v) is 13.5. The van der Waals surface area contributed by atoms with Crippen LogP contribution in [-0.2, 0) is 9.59 Å². The normalized spacial score (nSPS) is 20.1. The summed E-state index contributed by atoms with van der Waals surface area (Å²) in [6, 6.07) is 9.86. The van der Waals surface area contributed by atoms with Gasteiger partial charge in [0.1, 0.15) is 0 Å². The van der Waals surface area contributed by atoms with Crippen LogP contribution in [0.15, 0.2) is 30.3 Å². The van der Waals surface area contributed by atoms with Gasteiger partial charge in [0, 0.05) is 25.0 Å². The zero-order valence-electron chi connectivity index (χ0n) is 13.5. The molecular weight excluding hydrogens is 278 g/mol. The van der Waals surface area contributed by atoms with Gasteiger partial charge in [0.15, 0.2) is 0 Å². The van der Waals surface area contributed by atoms with Crippen LogP contribution in [0.4, 0.5) is 0 Å². The lowest BCUT2D eigenvalue weighted by Crippen LogP contribution is -2.46. The summed E-state index contributed by atoms with van der Waals surface area (Å²) < 4.78 is 0. The molecule has 120 valence electrons. The fourth-order valence-corrected chi connectivity index (χ4v) is 2.65. The van der Waals surface area contributed by atoms with E-state index in [2.05, 4.69) is 5.32 Å². The van der Waals surface area contributed by atoms with Crippen LogP contribution in [-0.4, -0.2) is 35.3 Å². The maximum Gasteiger partial charge on any atom is 0.225 e. The molecule has 1 heterocycles. The highest BCUT2D eigenvalue weighted by Crippen LogP contribution is 2.28. The molecule has 1 aromatic carbocycles. The highest BCUT2D eigenvalue weighted by atomic mass is 16.2. The lowest BCUT2D eigenvalue weighted by atomic mass is 10.1. The van der Waals surface area contributed by atoms with Crippen LogP contribution < -0.4 is 11.1 Å². The Morgan fingerprint density at radius 1 is 1.41 bits per heavy atom. The molecule has 2 unspecified atom stereocenters. The van der Waals surface area contributed by atoms with E-state index >= 15 is 0 Å². The minimum Gasteiger partial charge on any atom is -0.354 e. The van der Waals surface area contributed by atoms with Crippen molar-refractivity contribution in [2.45, 2.75) is 38.8 Å². The van der Waals surface area contributed by atoms with Crippen molar-refractivity contribution in [1.29, 1.82) is 0 Å². The summed E-state index contributed by atoms with van der Waals surface area (Å²) in [7, 11) is 0. The van der Waals surface area contributed by atoms with Crippen molar-refractivity contribution in [3.8, 4) is 0 Å². The molecule has 5 heteroatoms. The Morgan fingerprint density at radius 3 is 2.64 bits per heavy atom. The standard InChI is InChI=1S/C17H25N3O2/c1-12(13-7-5-4-6-8-13)20-10-14(9-15(20)21)16(22)19-11-17(2,3)18/h4-8,12,14H,9-11,18H2,1-3H3,(H,19,22). The van der Waals surface area contributed by atoms with Gasteiger partial charge in [-0.3, -0.25) is 9.59 Å². The molecule has 22 heavy (non-hydrogen) atoms. The molecule has 1 saturated heterocycles. The molecule has 0 radical (unpaired) electrons. The van der Waals surface area contributed by atoms with E-state index in [1.54, 1.807) is 4.90 Å². The summed E-state index contributed by atoms with van der Waals surface area (Å²) in [4.78, 5) is 26.2. The van der Waals surface area contributed by atoms with Crippen LogP contribution in [0.2, 0.25) is 0 Å². The van der Waals surface area contributed by atoms with Crippen molar-refractivity contribution >= 4 is 11.8 Å². The van der Waals surface area contributed by atoms with E-state index < -0.39 is 5.54 Å². The fraction of sp³-hybridized carbons (Fsp3) is 0.529. The molecule has 1 aliphatic heterocycles. The number of benzene rings is 1. The number of amides is 2. The second-order valence-electron chi connectivity index (χ2n) is 6.74. The van der Waals surface area contributed by atoms with E-state index in [4.69, 9.17) is 5.73 Å². The molecule has 2 atom stereocenters. The smallest absolute Gasteiger partial charge is 0.225 e. The van der Waals surface area contributed by atoms with E-state index in [1.807, 2.05) is 51.1 Å². The zero-order chi connectivity index (χ0) is 16.3. The molecule has 0 saturated carbocycles. The molecule has 3 N–H and O–H groups in total. The van der Waals surface area contributed by atoms with Crippen LogP contribution in [0.25, 0.3) is 0 Å². The van der Waals surface area contributed by atoms with Crippen molar-refractivity contribution < 1.29 is 9.59 Å². The Bertz CT molecular complexity index is 537. The topological polar surface area (TPSA) is 75.4 Å². The van der Waals surface area contributed by atoms with Crippen LogP contribution in [0.1, 0.15) is 38.8 Å². The Kier molecular flexibility index (Phi) is 4.86. The van der Waals surface area contributed by atoms with Crippen LogP contribution in [0.5, 0.6) is 0 Å². The SMILES string of the molecule is CC(c1ccccc1)N1CC(C(=O)NCC(C)(C)N)CC1=O. The van der Waals surface area contributed by atoms with E-state index in [1.165, 1.54) is 0 Å². The molecule has 0 aliphatic carbocycles. The highest BCUT2D eigenvalue weighted by molar-refractivity contribution is 5.89. The largest absolute Gasteiger partial charge is 0.354 e. The number of nitrogens with two attached hydrogens (primary N) is 1. The molecular formula is C17H25N3O2. The minimum atomic E-state index is -0.449. The molecule has 2 rings (SSSR count). The van der Waals surface area contributed by atoms with Gasteiger partial charge in [0.05, 0.1) is 12.0 Å². The van der Waals surface area contributed by atoms with Crippen molar-refractivity contribution in [1.82, 2.24) is 10.2 Å². The van der Waals surface area contributed by atoms with Gasteiger partial charge >= 0.3 is 0 Å². The highest BCUT2D eigenvalue weighted by Gasteiger charge is 2.37. The van der Waals surface area contributed by atoms with Crippen molar-refractivity contribution in [2.75, 3.05) is 13.1 Å². The number of hydrogen-bond acceptors (Lipinski definition) is 3. The first-order chi connectivity index (χ1) is 10.3. The van der Waals surface area contributed by atoms with Gasteiger partial charge in [-0.25, -0.2) is 0 Å². The summed E-state index contributed by atoms with van der Waals surface area (Å²) in [5, 5.41) is 2.84. The maximum absolute atomic E-state index is 12.2. The predicted octanol–water partition coefficient (Wildman–Crippen LogP) is 1.45. The van der Waals surface area contributed by atoms with E-state index in [0.717, 1.165) is 5.56 Å². The third kappa shape index (κ3) is 4.07. The minimum absolute atomic E-state index is 0.0163. The molecule has 2 amide bonds. The third-order valence-electron chi connectivity index (χ3n) is 4.00. The Labute approximate surface area is 131 Å². The molecule has 1 aromatic rings. The lowest BCUT2D eigenvalue weighted by molar-refractivity contribution is -0.130. The van der Waals surface area contributed by atoms with Gasteiger partial charge in [-0.1, -0.05) is 30.3 Å². The van der Waals surface area contributed by atoms with Gasteiger partial charge in [0.25, 0.3) is 0 Å². The van der Waals surface area contributed by atoms with Crippen LogP contribution in [0, 0.1) is 5.92 Å². The van der Waals surface area contributed by atoms with Crippen LogP contribution >= 0.6 is 0 Å². The number of carbonyl (C=O) groups is 2. The molecule has 1 fully saturated rings. The lowest BCUT2D eigenvalue weighted by Gasteiger charge is -2.25. The number of rotatable bonds is 5. The van der Waals surface area contributed by atoms with E-state index in [0.29, 0.717) is 13.1 Å². The number of nitrogens with one attached hydrogen (secondary N) is 1. The van der Waals surface area contributed by atoms with E-state index in [9.17, 15) is 9.59 Å². The number of nitrogens with zero attached hydrogens (tertiary/aromatic N) is 1. The average molecular weight is 303 g/mol. The second kappa shape index (κ2) is 6.48. The van der Waals surface area contributed by atoms with E-state index in [-0.39, 0.29) is 30.2 Å². The second-order valence-corrected chi connectivity index (χ2v) is 6.74. The van der Waals surface area contributed by atoms with Gasteiger partial charge in [0.2, 0.25) is 11.8 Å².